The minimum Gasteiger partial charge on any atom is -0.481 e. The molecule has 0 aliphatic carbocycles. The van der Waals surface area contributed by atoms with Crippen molar-refractivity contribution in [3.8, 4) is 0 Å². The topological polar surface area (TPSA) is 290 Å². The van der Waals surface area contributed by atoms with Gasteiger partial charge < -0.3 is 48.3 Å². The van der Waals surface area contributed by atoms with Crippen molar-refractivity contribution in [1.82, 2.24) is 20.9 Å². The van der Waals surface area contributed by atoms with Gasteiger partial charge in [0, 0.05) is 29.9 Å². The van der Waals surface area contributed by atoms with Crippen molar-refractivity contribution in [2.24, 2.45) is 17.2 Å². The van der Waals surface area contributed by atoms with Crippen LogP contribution in [0, 0.1) is 0 Å². The molecule has 16 heteroatoms. The van der Waals surface area contributed by atoms with Crippen molar-refractivity contribution < 1.29 is 43.8 Å². The van der Waals surface area contributed by atoms with Crippen LogP contribution in [0.3, 0.4) is 0 Å². The lowest BCUT2D eigenvalue weighted by molar-refractivity contribution is -0.142. The number of primary amides is 2. The molecule has 2 rings (SSSR count). The Morgan fingerprint density at radius 1 is 0.800 bits per heavy atom. The number of carboxylic acid groups (broad SMARTS) is 2. The lowest BCUT2D eigenvalue weighted by Crippen LogP contribution is -2.58. The zero-order valence-corrected chi connectivity index (χ0v) is 21.2. The summed E-state index contributed by atoms with van der Waals surface area (Å²) >= 11 is 0. The number of fused-ring (bicyclic) bond motifs is 1. The monoisotopic (exact) mass is 561 g/mol. The molecule has 4 atom stereocenters. The smallest absolute Gasteiger partial charge is 0.326 e. The molecule has 40 heavy (non-hydrogen) atoms. The number of H-pyrrole nitrogens is 1. The maximum atomic E-state index is 13.0. The Balaban J connectivity index is 2.20. The zero-order chi connectivity index (χ0) is 30.0. The van der Waals surface area contributed by atoms with Crippen LogP contribution in [-0.2, 0) is 40.0 Å². The van der Waals surface area contributed by atoms with E-state index in [2.05, 4.69) is 20.9 Å². The maximum absolute atomic E-state index is 13.0. The number of hydrogen-bond acceptors (Lipinski definition) is 8. The molecule has 16 nitrogen and oxygen atoms in total. The second-order valence-corrected chi connectivity index (χ2v) is 8.97. The average molecular weight is 562 g/mol. The summed E-state index contributed by atoms with van der Waals surface area (Å²) in [5, 5.41) is 26.0. The van der Waals surface area contributed by atoms with Gasteiger partial charge in [0.05, 0.1) is 18.9 Å². The van der Waals surface area contributed by atoms with Crippen molar-refractivity contribution >= 4 is 52.4 Å². The van der Waals surface area contributed by atoms with Crippen LogP contribution in [0.4, 0.5) is 0 Å². The Morgan fingerprint density at radius 3 is 2.00 bits per heavy atom. The predicted molar refractivity (Wildman–Crippen MR) is 138 cm³/mol. The molecular weight excluding hydrogens is 530 g/mol. The number of amides is 5. The molecule has 0 radical (unpaired) electrons. The minimum atomic E-state index is -1.66. The molecule has 0 saturated carbocycles. The Hall–Kier alpha value is -4.99. The van der Waals surface area contributed by atoms with E-state index in [9.17, 15) is 38.7 Å². The number of benzene rings is 1. The van der Waals surface area contributed by atoms with Crippen molar-refractivity contribution in [2.75, 3.05) is 0 Å². The first-order valence-electron chi connectivity index (χ1n) is 12.0. The summed E-state index contributed by atoms with van der Waals surface area (Å²) in [5.74, 6) is -7.74. The Labute approximate surface area is 227 Å². The normalized spacial score (nSPS) is 13.8. The number of nitrogens with one attached hydrogen (secondary N) is 4. The highest BCUT2D eigenvalue weighted by molar-refractivity contribution is 5.97. The van der Waals surface area contributed by atoms with E-state index in [-0.39, 0.29) is 19.3 Å². The molecule has 0 bridgehead atoms. The van der Waals surface area contributed by atoms with Gasteiger partial charge in [0.25, 0.3) is 0 Å². The molecule has 1 heterocycles. The first kappa shape index (κ1) is 31.2. The first-order chi connectivity index (χ1) is 18.8. The number of rotatable bonds is 16. The summed E-state index contributed by atoms with van der Waals surface area (Å²) in [6.45, 7) is 0. The van der Waals surface area contributed by atoms with Crippen LogP contribution in [0.25, 0.3) is 10.9 Å². The van der Waals surface area contributed by atoms with Crippen LogP contribution in [0.1, 0.15) is 31.2 Å². The number of carbonyl (C=O) groups excluding carboxylic acids is 5. The van der Waals surface area contributed by atoms with Crippen LogP contribution >= 0.6 is 0 Å². The molecule has 4 unspecified atom stereocenters. The second kappa shape index (κ2) is 14.2. The quantitative estimate of drug-likeness (QED) is 0.101. The van der Waals surface area contributed by atoms with Crippen LogP contribution < -0.4 is 33.2 Å². The van der Waals surface area contributed by atoms with Crippen LogP contribution in [0.2, 0.25) is 0 Å². The third-order valence-corrected chi connectivity index (χ3v) is 5.80. The fraction of sp³-hybridized carbons (Fsp3) is 0.375. The standard InChI is InChI=1S/C24H31N7O9/c25-13(8-20(34)35)21(36)29-15(5-6-18(26)32)22(37)30-16(9-19(27)33)23(38)31-17(24(39)40)7-11-10-28-14-4-2-1-3-12(11)14/h1-4,10,13,15-17,28H,5-9,25H2,(H2,26,32)(H2,27,33)(H,29,36)(H,30,37)(H,31,38)(H,34,35)(H,39,40). The van der Waals surface area contributed by atoms with Gasteiger partial charge in [-0.3, -0.25) is 28.8 Å². The van der Waals surface area contributed by atoms with E-state index in [0.717, 1.165) is 10.9 Å². The van der Waals surface area contributed by atoms with E-state index in [1.54, 1.807) is 30.5 Å². The van der Waals surface area contributed by atoms with Gasteiger partial charge in [-0.05, 0) is 18.1 Å². The first-order valence-corrected chi connectivity index (χ1v) is 12.0. The van der Waals surface area contributed by atoms with Crippen LogP contribution in [-0.4, -0.2) is 80.8 Å². The lowest BCUT2D eigenvalue weighted by atomic mass is 10.0. The van der Waals surface area contributed by atoms with Crippen molar-refractivity contribution in [3.05, 3.63) is 36.0 Å². The molecule has 0 aliphatic rings. The van der Waals surface area contributed by atoms with E-state index in [4.69, 9.17) is 22.3 Å². The number of carboxylic acids is 2. The zero-order valence-electron chi connectivity index (χ0n) is 21.2. The van der Waals surface area contributed by atoms with Gasteiger partial charge in [0.1, 0.15) is 18.1 Å². The Morgan fingerprint density at radius 2 is 1.40 bits per heavy atom. The highest BCUT2D eigenvalue weighted by atomic mass is 16.4. The fourth-order valence-corrected chi connectivity index (χ4v) is 3.79. The van der Waals surface area contributed by atoms with E-state index >= 15 is 0 Å². The Kier molecular flexibility index (Phi) is 11.1. The third kappa shape index (κ3) is 9.39. The predicted octanol–water partition coefficient (Wildman–Crippen LogP) is -2.81. The molecule has 0 saturated heterocycles. The number of hydrogen-bond donors (Lipinski definition) is 9. The number of carbonyl (C=O) groups is 7. The molecule has 216 valence electrons. The van der Waals surface area contributed by atoms with Gasteiger partial charge in [0.15, 0.2) is 0 Å². The molecule has 1 aromatic carbocycles. The van der Waals surface area contributed by atoms with E-state index in [1.807, 2.05) is 0 Å². The van der Waals surface area contributed by atoms with Gasteiger partial charge in [-0.15, -0.1) is 0 Å². The summed E-state index contributed by atoms with van der Waals surface area (Å²) in [4.78, 5) is 86.9. The molecule has 0 spiro atoms. The van der Waals surface area contributed by atoms with Gasteiger partial charge in [-0.25, -0.2) is 4.79 Å². The molecule has 12 N–H and O–H groups in total. The second-order valence-electron chi connectivity index (χ2n) is 8.97. The van der Waals surface area contributed by atoms with Crippen LogP contribution in [0.15, 0.2) is 30.5 Å². The molecule has 0 aliphatic heterocycles. The van der Waals surface area contributed by atoms with Gasteiger partial charge >= 0.3 is 11.9 Å². The van der Waals surface area contributed by atoms with Crippen LogP contribution in [0.5, 0.6) is 0 Å². The number of para-hydroxylation sites is 1. The lowest BCUT2D eigenvalue weighted by Gasteiger charge is -2.24. The van der Waals surface area contributed by atoms with E-state index in [1.165, 1.54) is 0 Å². The summed E-state index contributed by atoms with van der Waals surface area (Å²) in [7, 11) is 0. The summed E-state index contributed by atoms with van der Waals surface area (Å²) in [5.41, 5.74) is 17.2. The molecule has 2 aromatic rings. The number of aliphatic carboxylic acids is 2. The molecule has 0 fully saturated rings. The highest BCUT2D eigenvalue weighted by Gasteiger charge is 2.32. The summed E-state index contributed by atoms with van der Waals surface area (Å²) in [6, 6.07) is 0.934. The summed E-state index contributed by atoms with van der Waals surface area (Å²) < 4.78 is 0. The number of nitrogens with two attached hydrogens (primary N) is 3. The van der Waals surface area contributed by atoms with E-state index in [0.29, 0.717) is 5.56 Å². The van der Waals surface area contributed by atoms with Gasteiger partial charge in [0.2, 0.25) is 29.5 Å². The minimum absolute atomic E-state index is 0.138. The van der Waals surface area contributed by atoms with Crippen molar-refractivity contribution in [1.29, 1.82) is 0 Å². The molecule has 1 aromatic heterocycles. The average Bonchev–Trinajstić information content (AvgIpc) is 3.27. The number of aromatic nitrogens is 1. The van der Waals surface area contributed by atoms with E-state index < -0.39 is 78.5 Å². The van der Waals surface area contributed by atoms with Gasteiger partial charge in [-0.1, -0.05) is 18.2 Å². The van der Waals surface area contributed by atoms with Gasteiger partial charge in [-0.2, -0.15) is 0 Å². The maximum Gasteiger partial charge on any atom is 0.326 e. The molecular formula is C24H31N7O9. The fourth-order valence-electron chi connectivity index (χ4n) is 3.79. The highest BCUT2D eigenvalue weighted by Crippen LogP contribution is 2.19. The SMILES string of the molecule is NC(=O)CCC(NC(=O)C(N)CC(=O)O)C(=O)NC(CC(N)=O)C(=O)NC(Cc1c[nH]c2ccccc12)C(=O)O. The molecule has 5 amide bonds. The van der Waals surface area contributed by atoms with Crippen molar-refractivity contribution in [3.63, 3.8) is 0 Å². The largest absolute Gasteiger partial charge is 0.481 e. The summed E-state index contributed by atoms with van der Waals surface area (Å²) in [6.07, 6.45) is -0.764. The third-order valence-electron chi connectivity index (χ3n) is 5.80. The Bertz CT molecular complexity index is 1290. The number of aromatic amines is 1. The van der Waals surface area contributed by atoms with Crippen molar-refractivity contribution in [2.45, 2.75) is 56.3 Å².